The van der Waals surface area contributed by atoms with E-state index in [-0.39, 0.29) is 23.5 Å². The monoisotopic (exact) mass is 466 g/mol. The summed E-state index contributed by atoms with van der Waals surface area (Å²) in [5.41, 5.74) is 1.83. The number of hydrogen-bond acceptors (Lipinski definition) is 4. The fraction of sp³-hybridized carbons (Fsp3) is 0.500. The zero-order valence-corrected chi connectivity index (χ0v) is 19.1. The van der Waals surface area contributed by atoms with Crippen LogP contribution in [0.1, 0.15) is 36.8 Å². The molecule has 0 spiro atoms. The Bertz CT molecular complexity index is 898. The highest BCUT2D eigenvalue weighted by Crippen LogP contribution is 2.34. The predicted octanol–water partition coefficient (Wildman–Crippen LogP) is 5.13. The fourth-order valence-corrected chi connectivity index (χ4v) is 5.17. The molecule has 2 atom stereocenters. The Labute approximate surface area is 193 Å². The van der Waals surface area contributed by atoms with E-state index in [0.29, 0.717) is 18.2 Å². The van der Waals surface area contributed by atoms with Crippen molar-refractivity contribution in [2.45, 2.75) is 50.9 Å². The van der Waals surface area contributed by atoms with E-state index in [1.165, 1.54) is 24.9 Å². The Balaban J connectivity index is 0.000000149. The zero-order valence-electron chi connectivity index (χ0n) is 17.6. The molecule has 0 amide bonds. The van der Waals surface area contributed by atoms with Crippen LogP contribution in [-0.4, -0.2) is 53.3 Å². The number of halogens is 3. The van der Waals surface area contributed by atoms with Gasteiger partial charge >= 0.3 is 0 Å². The number of para-hydroxylation sites is 1. The first-order chi connectivity index (χ1) is 15.1. The van der Waals surface area contributed by atoms with Crippen molar-refractivity contribution < 1.29 is 14.2 Å². The molecule has 1 N–H and O–H groups in total. The van der Waals surface area contributed by atoms with E-state index < -0.39 is 0 Å². The smallest absolute Gasteiger partial charge is 0.146 e. The van der Waals surface area contributed by atoms with Gasteiger partial charge in [0.05, 0.1) is 16.7 Å². The maximum Gasteiger partial charge on any atom is 0.146 e. The van der Waals surface area contributed by atoms with Crippen LogP contribution in [0, 0.1) is 5.82 Å². The number of benzene rings is 2. The van der Waals surface area contributed by atoms with Gasteiger partial charge in [0.15, 0.2) is 0 Å². The molecule has 2 aromatic carbocycles. The number of nitrogens with zero attached hydrogens (tertiary/aromatic N) is 2. The molecule has 0 bridgehead atoms. The second-order valence-corrected chi connectivity index (χ2v) is 9.28. The number of ether oxygens (including phenoxy) is 1. The third kappa shape index (κ3) is 5.35. The average molecular weight is 467 g/mol. The number of likely N-dealkylation sites (tertiary alicyclic amines) is 1. The van der Waals surface area contributed by atoms with E-state index in [9.17, 15) is 9.50 Å². The lowest BCUT2D eigenvalue weighted by Crippen LogP contribution is -2.31. The number of hydrogen-bond donors (Lipinski definition) is 1. The molecular weight excluding hydrogens is 438 g/mol. The molecule has 4 nitrogen and oxygen atoms in total. The van der Waals surface area contributed by atoms with Crippen LogP contribution in [0.3, 0.4) is 0 Å². The lowest BCUT2D eigenvalue weighted by Gasteiger charge is -2.22. The van der Waals surface area contributed by atoms with Crippen LogP contribution in [0.5, 0.6) is 5.75 Å². The lowest BCUT2D eigenvalue weighted by atomic mass is 10.2. The topological polar surface area (TPSA) is 35.9 Å². The summed E-state index contributed by atoms with van der Waals surface area (Å²) in [6.07, 6.45) is 4.60. The second kappa shape index (κ2) is 10.5. The highest BCUT2D eigenvalue weighted by molar-refractivity contribution is 6.32. The summed E-state index contributed by atoms with van der Waals surface area (Å²) >= 11 is 11.9. The van der Waals surface area contributed by atoms with E-state index in [1.807, 2.05) is 12.1 Å². The third-order valence-electron chi connectivity index (χ3n) is 6.46. The number of fused-ring (bicyclic) bond motifs is 2. The number of aliphatic hydroxyl groups is 1. The summed E-state index contributed by atoms with van der Waals surface area (Å²) in [4.78, 5) is 4.61. The molecule has 7 heteroatoms. The molecule has 0 aromatic heterocycles. The summed E-state index contributed by atoms with van der Waals surface area (Å²) < 4.78 is 19.5. The maximum atomic E-state index is 13.7. The highest BCUT2D eigenvalue weighted by atomic mass is 35.5. The average Bonchev–Trinajstić information content (AvgIpc) is 3.37. The van der Waals surface area contributed by atoms with Crippen LogP contribution in [0.25, 0.3) is 0 Å². The Morgan fingerprint density at radius 2 is 1.81 bits per heavy atom. The van der Waals surface area contributed by atoms with Crippen molar-refractivity contribution >= 4 is 23.2 Å². The second-order valence-electron chi connectivity index (χ2n) is 8.47. The van der Waals surface area contributed by atoms with Crippen LogP contribution >= 0.6 is 23.2 Å². The zero-order chi connectivity index (χ0) is 21.8. The molecule has 2 saturated heterocycles. The van der Waals surface area contributed by atoms with Crippen molar-refractivity contribution in [3.8, 4) is 5.75 Å². The van der Waals surface area contributed by atoms with Crippen LogP contribution in [-0.2, 0) is 13.1 Å². The van der Waals surface area contributed by atoms with Crippen LogP contribution in [0.2, 0.25) is 10.0 Å². The highest BCUT2D eigenvalue weighted by Gasteiger charge is 2.29. The first-order valence-electron chi connectivity index (χ1n) is 11.0. The Kier molecular flexibility index (Phi) is 7.72. The molecular formula is C24H29Cl2FN2O2. The summed E-state index contributed by atoms with van der Waals surface area (Å²) in [6, 6.07) is 11.8. The summed E-state index contributed by atoms with van der Waals surface area (Å²) in [6.45, 7) is 4.55. The van der Waals surface area contributed by atoms with Gasteiger partial charge in [-0.15, -0.1) is 0 Å². The summed E-state index contributed by atoms with van der Waals surface area (Å²) in [5, 5.41) is 10.1. The maximum absolute atomic E-state index is 13.7. The van der Waals surface area contributed by atoms with Gasteiger partial charge in [0, 0.05) is 36.3 Å². The predicted molar refractivity (Wildman–Crippen MR) is 122 cm³/mol. The van der Waals surface area contributed by atoms with Gasteiger partial charge in [-0.25, -0.2) is 4.39 Å². The van der Waals surface area contributed by atoms with Gasteiger partial charge in [0.25, 0.3) is 0 Å². The van der Waals surface area contributed by atoms with Crippen LogP contribution < -0.4 is 4.74 Å². The minimum absolute atomic E-state index is 0.141. The van der Waals surface area contributed by atoms with Crippen molar-refractivity contribution in [3.05, 3.63) is 63.4 Å². The van der Waals surface area contributed by atoms with E-state index in [4.69, 9.17) is 27.9 Å². The lowest BCUT2D eigenvalue weighted by molar-refractivity contribution is 0.152. The summed E-state index contributed by atoms with van der Waals surface area (Å²) in [5.74, 6) is 0.557. The van der Waals surface area contributed by atoms with E-state index >= 15 is 0 Å². The third-order valence-corrected chi connectivity index (χ3v) is 7.05. The Hall–Kier alpha value is -1.37. The normalized spacial score (nSPS) is 23.4. The van der Waals surface area contributed by atoms with Gasteiger partial charge in [-0.05, 0) is 50.9 Å². The van der Waals surface area contributed by atoms with Gasteiger partial charge in [0.2, 0.25) is 0 Å². The standard InChI is InChI=1S/C12H15ClFNO.C12H14ClNO/c13-11-5-1-3-9(12(11)14)7-15-6-2-4-10(15)8-16;13-11-5-1-3-9-7-14-6-2-4-10(14)8-15-12(9)11/h1,3,5,10,16H,2,4,6-8H2;1,3,5,10H,2,4,6-8H2. The minimum Gasteiger partial charge on any atom is -0.490 e. The molecule has 2 unspecified atom stereocenters. The molecule has 3 aliphatic heterocycles. The van der Waals surface area contributed by atoms with E-state index in [0.717, 1.165) is 43.3 Å². The fourth-order valence-electron chi connectivity index (χ4n) is 4.73. The molecule has 5 rings (SSSR count). The number of rotatable bonds is 3. The van der Waals surface area contributed by atoms with Gasteiger partial charge < -0.3 is 9.84 Å². The SMILES string of the molecule is Clc1cccc2c1OCC1CCCN1C2.OCC1CCCN1Cc1cccc(Cl)c1F. The quantitative estimate of drug-likeness (QED) is 0.679. The largest absolute Gasteiger partial charge is 0.490 e. The van der Waals surface area contributed by atoms with Crippen LogP contribution in [0.15, 0.2) is 36.4 Å². The molecule has 31 heavy (non-hydrogen) atoms. The Morgan fingerprint density at radius 3 is 2.65 bits per heavy atom. The molecule has 3 aliphatic rings. The van der Waals surface area contributed by atoms with Gasteiger partial charge in [-0.2, -0.15) is 0 Å². The number of aliphatic hydroxyl groups excluding tert-OH is 1. The molecule has 168 valence electrons. The van der Waals surface area contributed by atoms with Crippen molar-refractivity contribution in [3.63, 3.8) is 0 Å². The van der Waals surface area contributed by atoms with Crippen LogP contribution in [0.4, 0.5) is 4.39 Å². The molecule has 0 radical (unpaired) electrons. The van der Waals surface area contributed by atoms with Crippen molar-refractivity contribution in [2.24, 2.45) is 0 Å². The first-order valence-corrected chi connectivity index (χ1v) is 11.7. The van der Waals surface area contributed by atoms with E-state index in [1.54, 1.807) is 18.2 Å². The first kappa shape index (κ1) is 22.8. The minimum atomic E-state index is -0.340. The van der Waals surface area contributed by atoms with E-state index in [2.05, 4.69) is 15.9 Å². The molecule has 2 aromatic rings. The van der Waals surface area contributed by atoms with Crippen molar-refractivity contribution in [2.75, 3.05) is 26.3 Å². The van der Waals surface area contributed by atoms with Crippen molar-refractivity contribution in [1.29, 1.82) is 0 Å². The van der Waals surface area contributed by atoms with Gasteiger partial charge in [0.1, 0.15) is 18.2 Å². The summed E-state index contributed by atoms with van der Waals surface area (Å²) in [7, 11) is 0. The molecule has 3 heterocycles. The van der Waals surface area contributed by atoms with Crippen molar-refractivity contribution in [1.82, 2.24) is 9.80 Å². The molecule has 0 saturated carbocycles. The molecule has 2 fully saturated rings. The Morgan fingerprint density at radius 1 is 1.03 bits per heavy atom. The molecule has 0 aliphatic carbocycles. The van der Waals surface area contributed by atoms with Gasteiger partial charge in [-0.3, -0.25) is 9.80 Å². The van der Waals surface area contributed by atoms with Gasteiger partial charge in [-0.1, -0.05) is 47.5 Å².